The van der Waals surface area contributed by atoms with Crippen LogP contribution in [0.5, 0.6) is 0 Å². The summed E-state index contributed by atoms with van der Waals surface area (Å²) < 4.78 is 0. The van der Waals surface area contributed by atoms with E-state index in [0.29, 0.717) is 18.1 Å². The molecule has 5 nitrogen and oxygen atoms in total. The van der Waals surface area contributed by atoms with Crippen LogP contribution in [-0.4, -0.2) is 29.0 Å². The van der Waals surface area contributed by atoms with Gasteiger partial charge in [0.25, 0.3) is 5.91 Å². The molecule has 0 radical (unpaired) electrons. The lowest BCUT2D eigenvalue weighted by atomic mass is 9.92. The van der Waals surface area contributed by atoms with E-state index >= 15 is 0 Å². The molecule has 100 valence electrons. The molecule has 1 aromatic rings. The minimum Gasteiger partial charge on any atom is -0.369 e. The van der Waals surface area contributed by atoms with Crippen molar-refractivity contribution in [3.05, 3.63) is 18.1 Å². The van der Waals surface area contributed by atoms with Gasteiger partial charge in [-0.1, -0.05) is 20.8 Å². The number of amides is 1. The molecule has 1 rings (SSSR count). The van der Waals surface area contributed by atoms with Crippen molar-refractivity contribution in [3.63, 3.8) is 0 Å². The van der Waals surface area contributed by atoms with Gasteiger partial charge in [0.2, 0.25) is 0 Å². The molecule has 0 saturated heterocycles. The zero-order valence-corrected chi connectivity index (χ0v) is 11.6. The summed E-state index contributed by atoms with van der Waals surface area (Å²) in [4.78, 5) is 20.0. The highest BCUT2D eigenvalue weighted by atomic mass is 16.1. The monoisotopic (exact) mass is 250 g/mol. The Balaban J connectivity index is 2.46. The molecule has 1 aromatic heterocycles. The zero-order valence-electron chi connectivity index (χ0n) is 11.6. The molecule has 5 heteroatoms. The van der Waals surface area contributed by atoms with Gasteiger partial charge in [-0.05, 0) is 18.8 Å². The zero-order chi connectivity index (χ0) is 13.6. The number of rotatable bonds is 5. The topological polar surface area (TPSA) is 66.9 Å². The minimum atomic E-state index is -0.171. The first-order valence-electron chi connectivity index (χ1n) is 6.26. The highest BCUT2D eigenvalue weighted by molar-refractivity contribution is 5.91. The molecule has 0 spiro atoms. The van der Waals surface area contributed by atoms with Gasteiger partial charge in [-0.3, -0.25) is 4.79 Å². The number of hydrogen-bond acceptors (Lipinski definition) is 4. The maximum atomic E-state index is 11.8. The summed E-state index contributed by atoms with van der Waals surface area (Å²) in [6.45, 7) is 9.85. The fourth-order valence-electron chi connectivity index (χ4n) is 1.36. The van der Waals surface area contributed by atoms with Gasteiger partial charge in [-0.15, -0.1) is 0 Å². The molecule has 0 bridgehead atoms. The van der Waals surface area contributed by atoms with E-state index in [2.05, 4.69) is 41.4 Å². The Kier molecular flexibility index (Phi) is 5.07. The second kappa shape index (κ2) is 6.33. The smallest absolute Gasteiger partial charge is 0.271 e. The van der Waals surface area contributed by atoms with Crippen molar-refractivity contribution < 1.29 is 4.79 Å². The molecule has 1 amide bonds. The lowest BCUT2D eigenvalue weighted by Crippen LogP contribution is -2.28. The number of carbonyl (C=O) groups is 1. The quantitative estimate of drug-likeness (QED) is 0.839. The molecule has 0 unspecified atom stereocenters. The van der Waals surface area contributed by atoms with Crippen molar-refractivity contribution in [3.8, 4) is 0 Å². The second-order valence-corrected chi connectivity index (χ2v) is 5.38. The maximum absolute atomic E-state index is 11.8. The van der Waals surface area contributed by atoms with Crippen molar-refractivity contribution in [2.24, 2.45) is 5.41 Å². The molecule has 0 aromatic carbocycles. The van der Waals surface area contributed by atoms with E-state index < -0.39 is 0 Å². The molecule has 18 heavy (non-hydrogen) atoms. The Labute approximate surface area is 108 Å². The number of anilines is 1. The standard InChI is InChI=1S/C13H22N4O/c1-5-14-11-9-16-10(8-17-11)12(18)15-7-6-13(2,3)4/h8-9H,5-7H2,1-4H3,(H,14,17)(H,15,18). The van der Waals surface area contributed by atoms with Crippen LogP contribution in [0.25, 0.3) is 0 Å². The van der Waals surface area contributed by atoms with E-state index in [0.717, 1.165) is 13.0 Å². The van der Waals surface area contributed by atoms with E-state index in [1.54, 1.807) is 6.20 Å². The SMILES string of the molecule is CCNc1cnc(C(=O)NCCC(C)(C)C)cn1. The highest BCUT2D eigenvalue weighted by Crippen LogP contribution is 2.16. The Morgan fingerprint density at radius 1 is 1.28 bits per heavy atom. The predicted molar refractivity (Wildman–Crippen MR) is 72.6 cm³/mol. The molecular formula is C13H22N4O. The summed E-state index contributed by atoms with van der Waals surface area (Å²) in [5, 5.41) is 5.88. The molecule has 0 aliphatic heterocycles. The third kappa shape index (κ3) is 5.12. The number of hydrogen-bond donors (Lipinski definition) is 2. The largest absolute Gasteiger partial charge is 0.369 e. The molecule has 1 heterocycles. The lowest BCUT2D eigenvalue weighted by Gasteiger charge is -2.17. The Morgan fingerprint density at radius 3 is 2.50 bits per heavy atom. The fraction of sp³-hybridized carbons (Fsp3) is 0.615. The van der Waals surface area contributed by atoms with Gasteiger partial charge in [0, 0.05) is 13.1 Å². The Bertz CT molecular complexity index is 381. The van der Waals surface area contributed by atoms with Gasteiger partial charge in [0.15, 0.2) is 0 Å². The third-order valence-corrected chi connectivity index (χ3v) is 2.40. The summed E-state index contributed by atoms with van der Waals surface area (Å²) in [5.74, 6) is 0.513. The van der Waals surface area contributed by atoms with Crippen molar-refractivity contribution >= 4 is 11.7 Å². The molecule has 0 aliphatic rings. The third-order valence-electron chi connectivity index (χ3n) is 2.40. The summed E-state index contributed by atoms with van der Waals surface area (Å²) in [6.07, 6.45) is 3.99. The Hall–Kier alpha value is -1.65. The van der Waals surface area contributed by atoms with Gasteiger partial charge < -0.3 is 10.6 Å². The summed E-state index contributed by atoms with van der Waals surface area (Å²) in [7, 11) is 0. The van der Waals surface area contributed by atoms with E-state index in [1.165, 1.54) is 6.20 Å². The van der Waals surface area contributed by atoms with E-state index in [-0.39, 0.29) is 11.3 Å². The molecule has 2 N–H and O–H groups in total. The van der Waals surface area contributed by atoms with Crippen LogP contribution in [0.4, 0.5) is 5.82 Å². The van der Waals surface area contributed by atoms with Crippen molar-refractivity contribution in [2.75, 3.05) is 18.4 Å². The summed E-state index contributed by atoms with van der Waals surface area (Å²) >= 11 is 0. The molecule has 0 aliphatic carbocycles. The van der Waals surface area contributed by atoms with Crippen LogP contribution in [0.1, 0.15) is 44.6 Å². The van der Waals surface area contributed by atoms with Crippen LogP contribution in [0.3, 0.4) is 0 Å². The fourth-order valence-corrected chi connectivity index (χ4v) is 1.36. The Morgan fingerprint density at radius 2 is 2.00 bits per heavy atom. The first kappa shape index (κ1) is 14.4. The van der Waals surface area contributed by atoms with Crippen LogP contribution in [0, 0.1) is 5.41 Å². The van der Waals surface area contributed by atoms with Crippen LogP contribution in [0.2, 0.25) is 0 Å². The summed E-state index contributed by atoms with van der Waals surface area (Å²) in [5.41, 5.74) is 0.569. The van der Waals surface area contributed by atoms with Gasteiger partial charge in [0.05, 0.1) is 12.4 Å². The number of carbonyl (C=O) groups excluding carboxylic acids is 1. The van der Waals surface area contributed by atoms with Gasteiger partial charge >= 0.3 is 0 Å². The number of nitrogens with zero attached hydrogens (tertiary/aromatic N) is 2. The van der Waals surface area contributed by atoms with Crippen LogP contribution >= 0.6 is 0 Å². The van der Waals surface area contributed by atoms with E-state index in [4.69, 9.17) is 0 Å². The molecule has 0 saturated carbocycles. The van der Waals surface area contributed by atoms with Gasteiger partial charge in [0.1, 0.15) is 11.5 Å². The van der Waals surface area contributed by atoms with Gasteiger partial charge in [-0.2, -0.15) is 0 Å². The second-order valence-electron chi connectivity index (χ2n) is 5.38. The van der Waals surface area contributed by atoms with Crippen molar-refractivity contribution in [1.29, 1.82) is 0 Å². The molecule has 0 atom stereocenters. The van der Waals surface area contributed by atoms with E-state index in [1.807, 2.05) is 6.92 Å². The average molecular weight is 250 g/mol. The number of nitrogens with one attached hydrogen (secondary N) is 2. The predicted octanol–water partition coefficient (Wildman–Crippen LogP) is 2.07. The average Bonchev–Trinajstić information content (AvgIpc) is 2.28. The maximum Gasteiger partial charge on any atom is 0.271 e. The van der Waals surface area contributed by atoms with Crippen LogP contribution < -0.4 is 10.6 Å². The van der Waals surface area contributed by atoms with Crippen molar-refractivity contribution in [1.82, 2.24) is 15.3 Å². The minimum absolute atomic E-state index is 0.171. The first-order valence-corrected chi connectivity index (χ1v) is 6.26. The molecular weight excluding hydrogens is 228 g/mol. The number of aromatic nitrogens is 2. The van der Waals surface area contributed by atoms with Gasteiger partial charge in [-0.25, -0.2) is 9.97 Å². The first-order chi connectivity index (χ1) is 8.42. The molecule has 0 fully saturated rings. The summed E-state index contributed by atoms with van der Waals surface area (Å²) in [6, 6.07) is 0. The normalized spacial score (nSPS) is 11.1. The van der Waals surface area contributed by atoms with Crippen LogP contribution in [0.15, 0.2) is 12.4 Å². The van der Waals surface area contributed by atoms with E-state index in [9.17, 15) is 4.79 Å². The lowest BCUT2D eigenvalue weighted by molar-refractivity contribution is 0.0944. The van der Waals surface area contributed by atoms with Crippen molar-refractivity contribution in [2.45, 2.75) is 34.1 Å². The highest BCUT2D eigenvalue weighted by Gasteiger charge is 2.12. The van der Waals surface area contributed by atoms with Crippen LogP contribution in [-0.2, 0) is 0 Å².